The lowest BCUT2D eigenvalue weighted by Gasteiger charge is -2.18. The Morgan fingerprint density at radius 3 is 2.78 bits per heavy atom. The van der Waals surface area contributed by atoms with Crippen molar-refractivity contribution in [3.63, 3.8) is 0 Å². The van der Waals surface area contributed by atoms with Crippen molar-refractivity contribution in [2.24, 2.45) is 0 Å². The van der Waals surface area contributed by atoms with Crippen LogP contribution in [0.1, 0.15) is 28.3 Å². The van der Waals surface area contributed by atoms with Gasteiger partial charge in [-0.15, -0.1) is 10.2 Å². The zero-order valence-electron chi connectivity index (χ0n) is 15.0. The van der Waals surface area contributed by atoms with Crippen LogP contribution in [0.2, 0.25) is 0 Å². The average Bonchev–Trinajstić information content (AvgIpc) is 3.30. The molecule has 0 atom stereocenters. The van der Waals surface area contributed by atoms with Gasteiger partial charge in [-0.05, 0) is 36.1 Å². The van der Waals surface area contributed by atoms with Gasteiger partial charge < -0.3 is 4.74 Å². The van der Waals surface area contributed by atoms with Crippen LogP contribution < -0.4 is 0 Å². The molecule has 0 bridgehead atoms. The van der Waals surface area contributed by atoms with Crippen molar-refractivity contribution in [2.45, 2.75) is 26.6 Å². The molecule has 1 aliphatic rings. The zero-order valence-corrected chi connectivity index (χ0v) is 15.0. The number of H-pyrrole nitrogens is 1. The maximum atomic E-state index is 5.96. The van der Waals surface area contributed by atoms with Crippen LogP contribution in [0, 0.1) is 6.92 Å². The van der Waals surface area contributed by atoms with Gasteiger partial charge in [0.1, 0.15) is 12.4 Å². The molecule has 4 aromatic rings. The highest BCUT2D eigenvalue weighted by Gasteiger charge is 2.23. The Hall–Kier alpha value is -3.25. The van der Waals surface area contributed by atoms with Gasteiger partial charge in [-0.25, -0.2) is 0 Å². The van der Waals surface area contributed by atoms with Crippen LogP contribution in [0.3, 0.4) is 0 Å². The molecule has 2 aromatic carbocycles. The fourth-order valence-corrected chi connectivity index (χ4v) is 3.78. The number of fused-ring (bicyclic) bond motifs is 3. The van der Waals surface area contributed by atoms with Gasteiger partial charge in [-0.2, -0.15) is 5.10 Å². The van der Waals surface area contributed by atoms with Gasteiger partial charge in [0.15, 0.2) is 5.82 Å². The van der Waals surface area contributed by atoms with E-state index >= 15 is 0 Å². The van der Waals surface area contributed by atoms with E-state index < -0.39 is 0 Å². The molecule has 0 unspecified atom stereocenters. The third-order valence-corrected chi connectivity index (χ3v) is 5.05. The van der Waals surface area contributed by atoms with Crippen molar-refractivity contribution in [2.75, 3.05) is 0 Å². The van der Waals surface area contributed by atoms with E-state index in [9.17, 15) is 0 Å². The second-order valence-electron chi connectivity index (χ2n) is 6.73. The minimum Gasteiger partial charge on any atom is -0.369 e. The maximum Gasteiger partial charge on any atom is 0.163 e. The van der Waals surface area contributed by atoms with Crippen LogP contribution in [0.25, 0.3) is 16.8 Å². The molecule has 3 heterocycles. The van der Waals surface area contributed by atoms with Crippen LogP contribution in [0.15, 0.2) is 54.9 Å². The molecule has 0 amide bonds. The number of rotatable bonds is 3. The molecule has 1 aliphatic heterocycles. The standard InChI is InChI=1S/C21H19N5O/c1-14-24-25-21-13-27-12-19-18(9-15-5-3-2-4-6-15)17(16-10-22-23-11-16)7-8-20(19)26(14)21/h2-8,10-11H,9,12-13H2,1H3,(H,22,23). The summed E-state index contributed by atoms with van der Waals surface area (Å²) in [6.07, 6.45) is 4.62. The van der Waals surface area contributed by atoms with Crippen molar-refractivity contribution in [3.05, 3.63) is 83.2 Å². The summed E-state index contributed by atoms with van der Waals surface area (Å²) < 4.78 is 8.07. The molecule has 0 aliphatic carbocycles. The first-order valence-corrected chi connectivity index (χ1v) is 8.98. The molecule has 0 spiro atoms. The number of aryl methyl sites for hydroxylation is 1. The molecule has 5 rings (SSSR count). The summed E-state index contributed by atoms with van der Waals surface area (Å²) in [5, 5.41) is 15.6. The summed E-state index contributed by atoms with van der Waals surface area (Å²) in [6, 6.07) is 14.8. The minimum atomic E-state index is 0.460. The van der Waals surface area contributed by atoms with Gasteiger partial charge in [0, 0.05) is 17.3 Å². The molecule has 1 N–H and O–H groups in total. The smallest absolute Gasteiger partial charge is 0.163 e. The molecule has 0 fully saturated rings. The minimum absolute atomic E-state index is 0.460. The van der Waals surface area contributed by atoms with Crippen LogP contribution in [-0.4, -0.2) is 25.0 Å². The molecular formula is C21H19N5O. The Bertz CT molecular complexity index is 1080. The Kier molecular flexibility index (Phi) is 3.83. The first kappa shape index (κ1) is 16.0. The number of hydrogen-bond donors (Lipinski definition) is 1. The lowest BCUT2D eigenvalue weighted by molar-refractivity contribution is 0.104. The van der Waals surface area contributed by atoms with Gasteiger partial charge in [0.2, 0.25) is 0 Å². The van der Waals surface area contributed by atoms with Crippen LogP contribution >= 0.6 is 0 Å². The largest absolute Gasteiger partial charge is 0.369 e. The summed E-state index contributed by atoms with van der Waals surface area (Å²) in [5.41, 5.74) is 7.04. The topological polar surface area (TPSA) is 68.6 Å². The summed E-state index contributed by atoms with van der Waals surface area (Å²) in [5.74, 6) is 1.71. The second-order valence-corrected chi connectivity index (χ2v) is 6.73. The fraction of sp³-hybridized carbons (Fsp3) is 0.190. The van der Waals surface area contributed by atoms with Gasteiger partial charge >= 0.3 is 0 Å². The first-order valence-electron chi connectivity index (χ1n) is 8.98. The van der Waals surface area contributed by atoms with E-state index in [1.54, 1.807) is 0 Å². The summed E-state index contributed by atoms with van der Waals surface area (Å²) in [4.78, 5) is 0. The van der Waals surface area contributed by atoms with E-state index in [1.807, 2.05) is 25.4 Å². The Morgan fingerprint density at radius 1 is 1.07 bits per heavy atom. The van der Waals surface area contributed by atoms with Crippen LogP contribution in [0.5, 0.6) is 0 Å². The molecule has 2 aromatic heterocycles. The predicted molar refractivity (Wildman–Crippen MR) is 101 cm³/mol. The third kappa shape index (κ3) is 2.74. The lowest BCUT2D eigenvalue weighted by Crippen LogP contribution is -2.07. The molecule has 0 saturated carbocycles. The van der Waals surface area contributed by atoms with Crippen LogP contribution in [0.4, 0.5) is 0 Å². The molecule has 0 saturated heterocycles. The van der Waals surface area contributed by atoms with Crippen molar-refractivity contribution < 1.29 is 4.74 Å². The number of nitrogens with zero attached hydrogens (tertiary/aromatic N) is 4. The highest BCUT2D eigenvalue weighted by Crippen LogP contribution is 2.34. The normalized spacial score (nSPS) is 13.1. The van der Waals surface area contributed by atoms with Gasteiger partial charge in [-0.1, -0.05) is 36.4 Å². The fourth-order valence-electron chi connectivity index (χ4n) is 3.78. The molecule has 6 nitrogen and oxygen atoms in total. The Morgan fingerprint density at radius 2 is 1.96 bits per heavy atom. The summed E-state index contributed by atoms with van der Waals surface area (Å²) >= 11 is 0. The highest BCUT2D eigenvalue weighted by atomic mass is 16.5. The summed E-state index contributed by atoms with van der Waals surface area (Å²) in [7, 11) is 0. The number of ether oxygens (including phenoxy) is 1. The lowest BCUT2D eigenvalue weighted by atomic mass is 9.91. The number of hydrogen-bond acceptors (Lipinski definition) is 4. The summed E-state index contributed by atoms with van der Waals surface area (Å²) in [6.45, 7) is 2.99. The highest BCUT2D eigenvalue weighted by molar-refractivity contribution is 5.71. The van der Waals surface area contributed by atoms with Crippen molar-refractivity contribution in [3.8, 4) is 16.8 Å². The second kappa shape index (κ2) is 6.48. The third-order valence-electron chi connectivity index (χ3n) is 5.05. The van der Waals surface area contributed by atoms with Gasteiger partial charge in [0.05, 0.1) is 18.5 Å². The predicted octanol–water partition coefficient (Wildman–Crippen LogP) is 3.59. The van der Waals surface area contributed by atoms with E-state index in [0.29, 0.717) is 13.2 Å². The van der Waals surface area contributed by atoms with E-state index in [-0.39, 0.29) is 0 Å². The SMILES string of the molecule is Cc1nnc2n1-c1ccc(-c3cn[nH]c3)c(Cc3ccccc3)c1COC2. The van der Waals surface area contributed by atoms with E-state index in [1.165, 1.54) is 22.3 Å². The molecule has 134 valence electrons. The quantitative estimate of drug-likeness (QED) is 0.608. The molecule has 6 heteroatoms. The number of nitrogens with one attached hydrogen (secondary N) is 1. The number of benzene rings is 2. The van der Waals surface area contributed by atoms with Crippen molar-refractivity contribution >= 4 is 0 Å². The van der Waals surface area contributed by atoms with Gasteiger partial charge in [-0.3, -0.25) is 9.67 Å². The Balaban J connectivity index is 1.74. The van der Waals surface area contributed by atoms with Gasteiger partial charge in [0.25, 0.3) is 0 Å². The van der Waals surface area contributed by atoms with Crippen LogP contribution in [-0.2, 0) is 24.4 Å². The van der Waals surface area contributed by atoms with E-state index in [2.05, 4.69) is 61.4 Å². The monoisotopic (exact) mass is 357 g/mol. The van der Waals surface area contributed by atoms with E-state index in [4.69, 9.17) is 4.74 Å². The first-order chi connectivity index (χ1) is 13.3. The average molecular weight is 357 g/mol. The number of aromatic amines is 1. The number of aromatic nitrogens is 5. The van der Waals surface area contributed by atoms with Crippen molar-refractivity contribution in [1.29, 1.82) is 0 Å². The molecule has 27 heavy (non-hydrogen) atoms. The van der Waals surface area contributed by atoms with Crippen molar-refractivity contribution in [1.82, 2.24) is 25.0 Å². The maximum absolute atomic E-state index is 5.96. The van der Waals surface area contributed by atoms with E-state index in [0.717, 1.165) is 29.3 Å². The Labute approximate surface area is 156 Å². The molecular weight excluding hydrogens is 338 g/mol. The zero-order chi connectivity index (χ0) is 18.2. The molecule has 0 radical (unpaired) electrons.